The summed E-state index contributed by atoms with van der Waals surface area (Å²) in [7, 11) is 0. The van der Waals surface area contributed by atoms with Gasteiger partial charge in [0.1, 0.15) is 30.3 Å². The second-order valence-corrected chi connectivity index (χ2v) is 8.85. The molecule has 10 nitrogen and oxygen atoms in total. The standard InChI is InChI=1S/C23H31N3O7/c1-14(25-22(31)33-23(3,4)5)19(28)24-15(2)20(29)26-17(11-12-18(26)27)21(30)32-13-16-9-7-6-8-10-16/h6-10,14-15,17H,11-13H2,1-5H3,(H,24,28)(H,25,31)/t14-,15-,17-/m0/s1. The number of alkyl carbamates (subject to hydrolysis) is 1. The second kappa shape index (κ2) is 10.9. The van der Waals surface area contributed by atoms with Crippen molar-refractivity contribution >= 4 is 29.8 Å². The van der Waals surface area contributed by atoms with Gasteiger partial charge >= 0.3 is 12.1 Å². The van der Waals surface area contributed by atoms with E-state index >= 15 is 0 Å². The smallest absolute Gasteiger partial charge is 0.408 e. The molecule has 0 spiro atoms. The Morgan fingerprint density at radius 2 is 1.70 bits per heavy atom. The summed E-state index contributed by atoms with van der Waals surface area (Å²) in [6, 6.07) is 5.89. The number of hydrogen-bond donors (Lipinski definition) is 2. The zero-order valence-corrected chi connectivity index (χ0v) is 19.5. The molecule has 1 fully saturated rings. The minimum absolute atomic E-state index is 0.0204. The van der Waals surface area contributed by atoms with Crippen LogP contribution in [0.4, 0.5) is 4.79 Å². The SMILES string of the molecule is C[C@H](NC(=O)OC(C)(C)C)C(=O)N[C@@H](C)C(=O)N1C(=O)CC[C@H]1C(=O)OCc1ccccc1. The molecule has 1 saturated heterocycles. The van der Waals surface area contributed by atoms with E-state index in [0.717, 1.165) is 10.5 Å². The van der Waals surface area contributed by atoms with Gasteiger partial charge in [-0.1, -0.05) is 30.3 Å². The second-order valence-electron chi connectivity index (χ2n) is 8.85. The molecule has 0 aromatic heterocycles. The zero-order chi connectivity index (χ0) is 24.8. The third-order valence-electron chi connectivity index (χ3n) is 4.80. The van der Waals surface area contributed by atoms with Crippen LogP contribution in [0.5, 0.6) is 0 Å². The van der Waals surface area contributed by atoms with Gasteiger partial charge in [-0.15, -0.1) is 0 Å². The average molecular weight is 462 g/mol. The van der Waals surface area contributed by atoms with Crippen molar-refractivity contribution in [1.82, 2.24) is 15.5 Å². The number of carbonyl (C=O) groups excluding carboxylic acids is 5. The number of esters is 1. The van der Waals surface area contributed by atoms with E-state index in [9.17, 15) is 24.0 Å². The molecule has 10 heteroatoms. The molecule has 2 N–H and O–H groups in total. The van der Waals surface area contributed by atoms with Crippen LogP contribution in [-0.4, -0.2) is 58.4 Å². The van der Waals surface area contributed by atoms with Crippen LogP contribution in [-0.2, 0) is 35.3 Å². The monoisotopic (exact) mass is 461 g/mol. The summed E-state index contributed by atoms with van der Waals surface area (Å²) >= 11 is 0. The van der Waals surface area contributed by atoms with Crippen LogP contribution in [0.15, 0.2) is 30.3 Å². The quantitative estimate of drug-likeness (QED) is 0.591. The lowest BCUT2D eigenvalue weighted by Gasteiger charge is -2.26. The Labute approximate surface area is 193 Å². The maximum Gasteiger partial charge on any atom is 0.408 e. The van der Waals surface area contributed by atoms with Gasteiger partial charge in [-0.25, -0.2) is 9.59 Å². The summed E-state index contributed by atoms with van der Waals surface area (Å²) in [6.07, 6.45) is -0.607. The van der Waals surface area contributed by atoms with E-state index in [2.05, 4.69) is 10.6 Å². The van der Waals surface area contributed by atoms with Gasteiger partial charge in [0, 0.05) is 6.42 Å². The van der Waals surface area contributed by atoms with E-state index in [1.807, 2.05) is 6.07 Å². The number of rotatable bonds is 7. The summed E-state index contributed by atoms with van der Waals surface area (Å²) in [5.41, 5.74) is 0.0456. The molecule has 2 rings (SSSR count). The van der Waals surface area contributed by atoms with Crippen LogP contribution in [0.2, 0.25) is 0 Å². The molecular weight excluding hydrogens is 430 g/mol. The van der Waals surface area contributed by atoms with Crippen LogP contribution < -0.4 is 10.6 Å². The summed E-state index contributed by atoms with van der Waals surface area (Å²) in [4.78, 5) is 62.8. The lowest BCUT2D eigenvalue weighted by atomic mass is 10.2. The van der Waals surface area contributed by atoms with Crippen molar-refractivity contribution in [2.75, 3.05) is 0 Å². The highest BCUT2D eigenvalue weighted by molar-refractivity contribution is 6.04. The third kappa shape index (κ3) is 7.58. The molecule has 1 aromatic carbocycles. The number of ether oxygens (including phenoxy) is 2. The lowest BCUT2D eigenvalue weighted by Crippen LogP contribution is -2.55. The van der Waals surface area contributed by atoms with Gasteiger partial charge in [0.25, 0.3) is 5.91 Å². The first-order valence-corrected chi connectivity index (χ1v) is 10.8. The van der Waals surface area contributed by atoms with Gasteiger partial charge in [-0.2, -0.15) is 0 Å². The molecule has 0 unspecified atom stereocenters. The maximum absolute atomic E-state index is 12.9. The van der Waals surface area contributed by atoms with Crippen molar-refractivity contribution in [2.24, 2.45) is 0 Å². The Kier molecular flexibility index (Phi) is 8.56. The van der Waals surface area contributed by atoms with Gasteiger partial charge in [-0.3, -0.25) is 19.3 Å². The Bertz CT molecular complexity index is 895. The highest BCUT2D eigenvalue weighted by atomic mass is 16.6. The van der Waals surface area contributed by atoms with Gasteiger partial charge in [0.2, 0.25) is 11.8 Å². The van der Waals surface area contributed by atoms with Crippen molar-refractivity contribution in [3.8, 4) is 0 Å². The van der Waals surface area contributed by atoms with Crippen LogP contribution in [0, 0.1) is 0 Å². The van der Waals surface area contributed by atoms with Crippen molar-refractivity contribution in [2.45, 2.75) is 77.8 Å². The topological polar surface area (TPSA) is 131 Å². The van der Waals surface area contributed by atoms with E-state index in [4.69, 9.17) is 9.47 Å². The Morgan fingerprint density at radius 1 is 1.06 bits per heavy atom. The van der Waals surface area contributed by atoms with Gasteiger partial charge in [-0.05, 0) is 46.6 Å². The lowest BCUT2D eigenvalue weighted by molar-refractivity contribution is -0.159. The largest absolute Gasteiger partial charge is 0.459 e. The molecule has 1 aromatic rings. The molecule has 1 aliphatic heterocycles. The van der Waals surface area contributed by atoms with Crippen LogP contribution in [0.1, 0.15) is 53.0 Å². The zero-order valence-electron chi connectivity index (χ0n) is 19.5. The van der Waals surface area contributed by atoms with E-state index in [1.165, 1.54) is 13.8 Å². The van der Waals surface area contributed by atoms with Crippen molar-refractivity contribution < 1.29 is 33.4 Å². The molecule has 1 aliphatic rings. The molecular formula is C23H31N3O7. The molecule has 3 atom stereocenters. The molecule has 0 bridgehead atoms. The number of nitrogens with one attached hydrogen (secondary N) is 2. The number of amides is 4. The van der Waals surface area contributed by atoms with Crippen LogP contribution in [0.25, 0.3) is 0 Å². The number of likely N-dealkylation sites (tertiary alicyclic amines) is 1. The average Bonchev–Trinajstić information content (AvgIpc) is 3.12. The van der Waals surface area contributed by atoms with Crippen LogP contribution >= 0.6 is 0 Å². The van der Waals surface area contributed by atoms with Crippen molar-refractivity contribution in [1.29, 1.82) is 0 Å². The van der Waals surface area contributed by atoms with E-state index in [-0.39, 0.29) is 19.4 Å². The summed E-state index contributed by atoms with van der Waals surface area (Å²) < 4.78 is 10.4. The van der Waals surface area contributed by atoms with E-state index in [0.29, 0.717) is 0 Å². The molecule has 33 heavy (non-hydrogen) atoms. The molecule has 1 heterocycles. The molecule has 4 amide bonds. The first-order valence-electron chi connectivity index (χ1n) is 10.8. The molecule has 0 saturated carbocycles. The highest BCUT2D eigenvalue weighted by Crippen LogP contribution is 2.21. The van der Waals surface area contributed by atoms with E-state index < -0.39 is 53.5 Å². The van der Waals surface area contributed by atoms with Crippen LogP contribution in [0.3, 0.4) is 0 Å². The van der Waals surface area contributed by atoms with Crippen molar-refractivity contribution in [3.63, 3.8) is 0 Å². The number of imide groups is 1. The number of hydrogen-bond acceptors (Lipinski definition) is 7. The minimum Gasteiger partial charge on any atom is -0.459 e. The summed E-state index contributed by atoms with van der Waals surface area (Å²) in [5, 5.41) is 4.84. The molecule has 180 valence electrons. The Morgan fingerprint density at radius 3 is 2.30 bits per heavy atom. The number of nitrogens with zero attached hydrogens (tertiary/aromatic N) is 1. The summed E-state index contributed by atoms with van der Waals surface area (Å²) in [5.74, 6) is -2.56. The normalized spacial score (nSPS) is 17.7. The number of benzene rings is 1. The summed E-state index contributed by atoms with van der Waals surface area (Å²) in [6.45, 7) is 7.91. The molecule has 0 radical (unpaired) electrons. The number of carbonyl (C=O) groups is 5. The fraction of sp³-hybridized carbons (Fsp3) is 0.522. The van der Waals surface area contributed by atoms with Gasteiger partial charge in [0.15, 0.2) is 0 Å². The Hall–Kier alpha value is -3.43. The minimum atomic E-state index is -1.10. The molecule has 0 aliphatic carbocycles. The fourth-order valence-electron chi connectivity index (χ4n) is 3.17. The predicted molar refractivity (Wildman–Crippen MR) is 118 cm³/mol. The fourth-order valence-corrected chi connectivity index (χ4v) is 3.17. The highest BCUT2D eigenvalue weighted by Gasteiger charge is 2.43. The van der Waals surface area contributed by atoms with E-state index in [1.54, 1.807) is 45.0 Å². The Balaban J connectivity index is 1.94. The maximum atomic E-state index is 12.9. The van der Waals surface area contributed by atoms with Crippen molar-refractivity contribution in [3.05, 3.63) is 35.9 Å². The predicted octanol–water partition coefficient (Wildman–Crippen LogP) is 1.67. The third-order valence-corrected chi connectivity index (χ3v) is 4.80. The first-order chi connectivity index (χ1) is 15.4. The first kappa shape index (κ1) is 25.8. The van der Waals surface area contributed by atoms with Gasteiger partial charge in [0.05, 0.1) is 0 Å². The van der Waals surface area contributed by atoms with Gasteiger partial charge < -0.3 is 20.1 Å².